The molecule has 0 saturated carbocycles. The standard InChI is InChI=1S/C19H23N3O3/c1-2-20-19(24)22-18(23)17(15-9-5-3-6-10-15)21-13-14-25-16-11-7-4-8-12-16/h3-12,17,21H,2,13-14H2,1H3,(H2,20,22,23,24)/t17-/m1/s1. The summed E-state index contributed by atoms with van der Waals surface area (Å²) in [5.41, 5.74) is 0.781. The number of hydrogen-bond acceptors (Lipinski definition) is 4. The molecule has 0 heterocycles. The summed E-state index contributed by atoms with van der Waals surface area (Å²) in [5.74, 6) is 0.365. The molecular weight excluding hydrogens is 318 g/mol. The van der Waals surface area contributed by atoms with Gasteiger partial charge in [-0.15, -0.1) is 0 Å². The second-order valence-corrected chi connectivity index (χ2v) is 5.31. The topological polar surface area (TPSA) is 79.5 Å². The van der Waals surface area contributed by atoms with Crippen LogP contribution >= 0.6 is 0 Å². The number of urea groups is 1. The van der Waals surface area contributed by atoms with E-state index in [1.54, 1.807) is 6.92 Å². The van der Waals surface area contributed by atoms with E-state index >= 15 is 0 Å². The molecule has 0 unspecified atom stereocenters. The van der Waals surface area contributed by atoms with Crippen LogP contribution in [-0.4, -0.2) is 31.6 Å². The van der Waals surface area contributed by atoms with Gasteiger partial charge in [-0.2, -0.15) is 0 Å². The molecule has 0 aliphatic rings. The van der Waals surface area contributed by atoms with Gasteiger partial charge >= 0.3 is 6.03 Å². The van der Waals surface area contributed by atoms with E-state index in [4.69, 9.17) is 4.74 Å². The molecule has 0 aliphatic carbocycles. The second kappa shape index (κ2) is 10.1. The van der Waals surface area contributed by atoms with Crippen molar-refractivity contribution >= 4 is 11.9 Å². The Kier molecular flexibility index (Phi) is 7.46. The van der Waals surface area contributed by atoms with E-state index in [1.165, 1.54) is 0 Å². The predicted molar refractivity (Wildman–Crippen MR) is 96.3 cm³/mol. The van der Waals surface area contributed by atoms with Crippen molar-refractivity contribution < 1.29 is 14.3 Å². The van der Waals surface area contributed by atoms with Crippen LogP contribution in [0.5, 0.6) is 5.75 Å². The van der Waals surface area contributed by atoms with E-state index in [0.29, 0.717) is 19.7 Å². The molecule has 6 nitrogen and oxygen atoms in total. The van der Waals surface area contributed by atoms with Gasteiger partial charge in [0.05, 0.1) is 0 Å². The average Bonchev–Trinajstić information content (AvgIpc) is 2.63. The Morgan fingerprint density at radius 1 is 1.00 bits per heavy atom. The van der Waals surface area contributed by atoms with Gasteiger partial charge in [0.25, 0.3) is 0 Å². The number of carbonyl (C=O) groups excluding carboxylic acids is 2. The third-order valence-electron chi connectivity index (χ3n) is 3.43. The first kappa shape index (κ1) is 18.5. The van der Waals surface area contributed by atoms with E-state index in [-0.39, 0.29) is 0 Å². The Morgan fingerprint density at radius 3 is 2.28 bits per heavy atom. The summed E-state index contributed by atoms with van der Waals surface area (Å²) in [6.07, 6.45) is 0. The van der Waals surface area contributed by atoms with E-state index in [2.05, 4.69) is 16.0 Å². The minimum Gasteiger partial charge on any atom is -0.492 e. The summed E-state index contributed by atoms with van der Waals surface area (Å²) >= 11 is 0. The number of nitrogens with one attached hydrogen (secondary N) is 3. The summed E-state index contributed by atoms with van der Waals surface area (Å²) in [6.45, 7) is 3.10. The Morgan fingerprint density at radius 2 is 1.64 bits per heavy atom. The minimum absolute atomic E-state index is 0.405. The normalized spacial score (nSPS) is 11.4. The first-order valence-corrected chi connectivity index (χ1v) is 8.25. The highest BCUT2D eigenvalue weighted by Gasteiger charge is 2.21. The number of ether oxygens (including phenoxy) is 1. The van der Waals surface area contributed by atoms with Gasteiger partial charge < -0.3 is 10.1 Å². The number of imide groups is 1. The summed E-state index contributed by atoms with van der Waals surface area (Å²) in [6, 6.07) is 17.6. The fraction of sp³-hybridized carbons (Fsp3) is 0.263. The molecule has 2 aromatic carbocycles. The highest BCUT2D eigenvalue weighted by molar-refractivity contribution is 5.97. The van der Waals surface area contributed by atoms with Gasteiger partial charge in [-0.3, -0.25) is 15.4 Å². The van der Waals surface area contributed by atoms with Crippen LogP contribution in [0.15, 0.2) is 60.7 Å². The van der Waals surface area contributed by atoms with Crippen LogP contribution in [0.3, 0.4) is 0 Å². The number of amides is 3. The van der Waals surface area contributed by atoms with Gasteiger partial charge in [0.1, 0.15) is 18.4 Å². The van der Waals surface area contributed by atoms with Crippen molar-refractivity contribution in [1.82, 2.24) is 16.0 Å². The fourth-order valence-corrected chi connectivity index (χ4v) is 2.29. The zero-order chi connectivity index (χ0) is 17.9. The highest BCUT2D eigenvalue weighted by atomic mass is 16.5. The van der Waals surface area contributed by atoms with Crippen molar-refractivity contribution in [1.29, 1.82) is 0 Å². The number of para-hydroxylation sites is 1. The lowest BCUT2D eigenvalue weighted by atomic mass is 10.1. The van der Waals surface area contributed by atoms with Gasteiger partial charge in [-0.25, -0.2) is 4.79 Å². The van der Waals surface area contributed by atoms with Gasteiger partial charge in [-0.1, -0.05) is 48.5 Å². The minimum atomic E-state index is -0.636. The first-order valence-electron chi connectivity index (χ1n) is 8.25. The molecule has 1 atom stereocenters. The van der Waals surface area contributed by atoms with Crippen molar-refractivity contribution in [2.75, 3.05) is 19.7 Å². The van der Waals surface area contributed by atoms with Crippen LogP contribution in [0.2, 0.25) is 0 Å². The second-order valence-electron chi connectivity index (χ2n) is 5.31. The number of carbonyl (C=O) groups is 2. The molecule has 0 aromatic heterocycles. The fourth-order valence-electron chi connectivity index (χ4n) is 2.29. The molecule has 132 valence electrons. The van der Waals surface area contributed by atoms with Crippen molar-refractivity contribution in [3.8, 4) is 5.75 Å². The monoisotopic (exact) mass is 341 g/mol. The average molecular weight is 341 g/mol. The number of benzene rings is 2. The zero-order valence-electron chi connectivity index (χ0n) is 14.2. The van der Waals surface area contributed by atoms with Crippen molar-refractivity contribution in [3.05, 3.63) is 66.2 Å². The molecule has 0 spiro atoms. The maximum atomic E-state index is 12.4. The third-order valence-corrected chi connectivity index (χ3v) is 3.43. The van der Waals surface area contributed by atoms with Gasteiger partial charge in [0, 0.05) is 13.1 Å². The van der Waals surface area contributed by atoms with E-state index in [0.717, 1.165) is 11.3 Å². The van der Waals surface area contributed by atoms with Crippen LogP contribution in [0, 0.1) is 0 Å². The molecule has 3 amide bonds. The zero-order valence-corrected chi connectivity index (χ0v) is 14.2. The predicted octanol–water partition coefficient (Wildman–Crippen LogP) is 2.24. The van der Waals surface area contributed by atoms with Crippen LogP contribution in [-0.2, 0) is 4.79 Å². The van der Waals surface area contributed by atoms with Gasteiger partial charge in [0.2, 0.25) is 5.91 Å². The number of hydrogen-bond donors (Lipinski definition) is 3. The molecule has 0 bridgehead atoms. The van der Waals surface area contributed by atoms with E-state index < -0.39 is 18.0 Å². The summed E-state index contributed by atoms with van der Waals surface area (Å²) in [4.78, 5) is 24.0. The van der Waals surface area contributed by atoms with Gasteiger partial charge in [-0.05, 0) is 24.6 Å². The SMILES string of the molecule is CCNC(=O)NC(=O)[C@H](NCCOc1ccccc1)c1ccccc1. The highest BCUT2D eigenvalue weighted by Crippen LogP contribution is 2.13. The summed E-state index contributed by atoms with van der Waals surface area (Å²) in [7, 11) is 0. The first-order chi connectivity index (χ1) is 12.2. The quantitative estimate of drug-likeness (QED) is 0.644. The molecule has 25 heavy (non-hydrogen) atoms. The Labute approximate surface area is 147 Å². The van der Waals surface area contributed by atoms with Gasteiger partial charge in [0.15, 0.2) is 0 Å². The molecule has 6 heteroatoms. The molecule has 0 saturated heterocycles. The lowest BCUT2D eigenvalue weighted by Gasteiger charge is -2.18. The third kappa shape index (κ3) is 6.27. The molecule has 3 N–H and O–H groups in total. The molecule has 0 aliphatic heterocycles. The molecule has 0 fully saturated rings. The Bertz CT molecular complexity index is 662. The summed E-state index contributed by atoms with van der Waals surface area (Å²) in [5, 5.41) is 8.03. The summed E-state index contributed by atoms with van der Waals surface area (Å²) < 4.78 is 5.62. The molecule has 2 aromatic rings. The van der Waals surface area contributed by atoms with Crippen LogP contribution < -0.4 is 20.7 Å². The maximum Gasteiger partial charge on any atom is 0.321 e. The van der Waals surface area contributed by atoms with E-state index in [9.17, 15) is 9.59 Å². The lowest BCUT2D eigenvalue weighted by Crippen LogP contribution is -2.45. The van der Waals surface area contributed by atoms with Crippen LogP contribution in [0.25, 0.3) is 0 Å². The molecule has 2 rings (SSSR count). The van der Waals surface area contributed by atoms with E-state index in [1.807, 2.05) is 60.7 Å². The van der Waals surface area contributed by atoms with Crippen LogP contribution in [0.1, 0.15) is 18.5 Å². The van der Waals surface area contributed by atoms with Crippen molar-refractivity contribution in [2.24, 2.45) is 0 Å². The van der Waals surface area contributed by atoms with Crippen molar-refractivity contribution in [2.45, 2.75) is 13.0 Å². The number of rotatable bonds is 8. The van der Waals surface area contributed by atoms with Crippen LogP contribution in [0.4, 0.5) is 4.79 Å². The largest absolute Gasteiger partial charge is 0.492 e. The maximum absolute atomic E-state index is 12.4. The molecule has 0 radical (unpaired) electrons. The lowest BCUT2D eigenvalue weighted by molar-refractivity contribution is -0.122. The molecular formula is C19H23N3O3. The Hall–Kier alpha value is -2.86. The smallest absolute Gasteiger partial charge is 0.321 e. The van der Waals surface area contributed by atoms with Crippen molar-refractivity contribution in [3.63, 3.8) is 0 Å². The Balaban J connectivity index is 1.92.